The van der Waals surface area contributed by atoms with Crippen molar-refractivity contribution in [3.8, 4) is 11.5 Å². The van der Waals surface area contributed by atoms with Gasteiger partial charge in [0.15, 0.2) is 12.6 Å². The van der Waals surface area contributed by atoms with Crippen LogP contribution in [0.1, 0.15) is 64.5 Å². The lowest BCUT2D eigenvalue weighted by atomic mass is 9.73. The molecule has 2 aromatic rings. The van der Waals surface area contributed by atoms with Crippen LogP contribution in [-0.4, -0.2) is 25.8 Å². The number of rotatable bonds is 10. The van der Waals surface area contributed by atoms with Gasteiger partial charge in [0.25, 0.3) is 0 Å². The average Bonchev–Trinajstić information content (AvgIpc) is 3.20. The monoisotopic (exact) mass is 398 g/mol. The molecule has 1 fully saturated rings. The predicted molar refractivity (Wildman–Crippen MR) is 116 cm³/mol. The highest BCUT2D eigenvalue weighted by molar-refractivity contribution is 5.44. The molecule has 3 rings (SSSR count). The SMILES string of the molecule is CCOC(C)Oc1ccc(C2(c3ccc(OC(C)OCC)cc3)CCCC2)cc1. The quantitative estimate of drug-likeness (QED) is 0.455. The summed E-state index contributed by atoms with van der Waals surface area (Å²) in [7, 11) is 0. The molecule has 0 radical (unpaired) electrons. The third kappa shape index (κ3) is 5.31. The largest absolute Gasteiger partial charge is 0.465 e. The lowest BCUT2D eigenvalue weighted by Gasteiger charge is -2.31. The fourth-order valence-corrected chi connectivity index (χ4v) is 4.35. The first-order chi connectivity index (χ1) is 14.1. The normalized spacial score (nSPS) is 17.7. The second-order valence-corrected chi connectivity index (χ2v) is 7.62. The second kappa shape index (κ2) is 10.1. The molecule has 1 aliphatic rings. The van der Waals surface area contributed by atoms with Gasteiger partial charge >= 0.3 is 0 Å². The van der Waals surface area contributed by atoms with Crippen molar-refractivity contribution >= 4 is 0 Å². The van der Waals surface area contributed by atoms with Crippen molar-refractivity contribution in [1.29, 1.82) is 0 Å². The first kappa shape index (κ1) is 21.7. The summed E-state index contributed by atoms with van der Waals surface area (Å²) in [5, 5.41) is 0. The zero-order chi connectivity index (χ0) is 20.7. The molecule has 4 heteroatoms. The van der Waals surface area contributed by atoms with Gasteiger partial charge in [-0.2, -0.15) is 0 Å². The molecule has 0 heterocycles. The Balaban J connectivity index is 1.77. The van der Waals surface area contributed by atoms with Crippen molar-refractivity contribution in [3.63, 3.8) is 0 Å². The fraction of sp³-hybridized carbons (Fsp3) is 0.520. The van der Waals surface area contributed by atoms with Crippen LogP contribution in [0.4, 0.5) is 0 Å². The molecule has 2 atom stereocenters. The lowest BCUT2D eigenvalue weighted by molar-refractivity contribution is -0.0616. The van der Waals surface area contributed by atoms with Gasteiger partial charge in [0.1, 0.15) is 11.5 Å². The van der Waals surface area contributed by atoms with Crippen molar-refractivity contribution in [3.05, 3.63) is 59.7 Å². The minimum Gasteiger partial charge on any atom is -0.465 e. The summed E-state index contributed by atoms with van der Waals surface area (Å²) < 4.78 is 22.6. The molecule has 0 bridgehead atoms. The molecular weight excluding hydrogens is 364 g/mol. The van der Waals surface area contributed by atoms with E-state index < -0.39 is 0 Å². The van der Waals surface area contributed by atoms with Gasteiger partial charge in [-0.1, -0.05) is 37.1 Å². The number of ether oxygens (including phenoxy) is 4. The van der Waals surface area contributed by atoms with E-state index in [-0.39, 0.29) is 18.0 Å². The molecule has 0 aromatic heterocycles. The molecule has 4 nitrogen and oxygen atoms in total. The van der Waals surface area contributed by atoms with Gasteiger partial charge in [-0.05, 0) is 75.9 Å². The van der Waals surface area contributed by atoms with Crippen LogP contribution in [0.25, 0.3) is 0 Å². The maximum absolute atomic E-state index is 5.83. The van der Waals surface area contributed by atoms with Gasteiger partial charge in [0.05, 0.1) is 0 Å². The first-order valence-corrected chi connectivity index (χ1v) is 10.8. The maximum Gasteiger partial charge on any atom is 0.196 e. The Kier molecular flexibility index (Phi) is 7.57. The third-order valence-electron chi connectivity index (χ3n) is 5.68. The Labute approximate surface area is 175 Å². The maximum atomic E-state index is 5.83. The lowest BCUT2D eigenvalue weighted by Crippen LogP contribution is -2.24. The van der Waals surface area contributed by atoms with Crippen molar-refractivity contribution in [1.82, 2.24) is 0 Å². The molecule has 2 aromatic carbocycles. The molecule has 0 amide bonds. The average molecular weight is 399 g/mol. The molecule has 0 spiro atoms. The van der Waals surface area contributed by atoms with Crippen LogP contribution in [0.2, 0.25) is 0 Å². The molecule has 0 saturated heterocycles. The Hall–Kier alpha value is -2.04. The Morgan fingerprint density at radius 2 is 1.07 bits per heavy atom. The Morgan fingerprint density at radius 3 is 1.41 bits per heavy atom. The summed E-state index contributed by atoms with van der Waals surface area (Å²) in [4.78, 5) is 0. The summed E-state index contributed by atoms with van der Waals surface area (Å²) in [5.41, 5.74) is 2.76. The van der Waals surface area contributed by atoms with Crippen LogP contribution < -0.4 is 9.47 Å². The Bertz CT molecular complexity index is 673. The topological polar surface area (TPSA) is 36.9 Å². The minimum absolute atomic E-state index is 0.0636. The van der Waals surface area contributed by atoms with Crippen LogP contribution in [0, 0.1) is 0 Å². The van der Waals surface area contributed by atoms with Gasteiger partial charge in [-0.25, -0.2) is 0 Å². The second-order valence-electron chi connectivity index (χ2n) is 7.62. The van der Waals surface area contributed by atoms with Crippen LogP contribution >= 0.6 is 0 Å². The summed E-state index contributed by atoms with van der Waals surface area (Å²) in [6, 6.07) is 17.1. The van der Waals surface area contributed by atoms with Gasteiger partial charge in [-0.3, -0.25) is 0 Å². The summed E-state index contributed by atoms with van der Waals surface area (Å²) in [5.74, 6) is 1.69. The zero-order valence-corrected chi connectivity index (χ0v) is 18.1. The van der Waals surface area contributed by atoms with E-state index in [0.717, 1.165) is 24.3 Å². The molecule has 1 aliphatic carbocycles. The van der Waals surface area contributed by atoms with E-state index in [2.05, 4.69) is 48.5 Å². The van der Waals surface area contributed by atoms with E-state index >= 15 is 0 Å². The first-order valence-electron chi connectivity index (χ1n) is 10.8. The van der Waals surface area contributed by atoms with Crippen LogP contribution in [-0.2, 0) is 14.9 Å². The molecule has 1 saturated carbocycles. The predicted octanol–water partition coefficient (Wildman–Crippen LogP) is 6.07. The minimum atomic E-state index is -0.238. The smallest absolute Gasteiger partial charge is 0.196 e. The highest BCUT2D eigenvalue weighted by Gasteiger charge is 2.37. The number of hydrogen-bond donors (Lipinski definition) is 0. The van der Waals surface area contributed by atoms with Crippen molar-refractivity contribution < 1.29 is 18.9 Å². The number of hydrogen-bond acceptors (Lipinski definition) is 4. The van der Waals surface area contributed by atoms with Gasteiger partial charge in [-0.15, -0.1) is 0 Å². The van der Waals surface area contributed by atoms with E-state index in [0.29, 0.717) is 13.2 Å². The van der Waals surface area contributed by atoms with Crippen LogP contribution in [0.5, 0.6) is 11.5 Å². The highest BCUT2D eigenvalue weighted by atomic mass is 16.7. The van der Waals surface area contributed by atoms with Gasteiger partial charge in [0, 0.05) is 18.6 Å². The van der Waals surface area contributed by atoms with Gasteiger partial charge in [0.2, 0.25) is 0 Å². The molecule has 158 valence electrons. The van der Waals surface area contributed by atoms with Crippen LogP contribution in [0.15, 0.2) is 48.5 Å². The van der Waals surface area contributed by atoms with E-state index in [4.69, 9.17) is 18.9 Å². The zero-order valence-electron chi connectivity index (χ0n) is 18.1. The van der Waals surface area contributed by atoms with E-state index in [1.54, 1.807) is 0 Å². The molecule has 29 heavy (non-hydrogen) atoms. The fourth-order valence-electron chi connectivity index (χ4n) is 4.35. The highest BCUT2D eigenvalue weighted by Crippen LogP contribution is 2.47. The molecule has 2 unspecified atom stereocenters. The van der Waals surface area contributed by atoms with Crippen LogP contribution in [0.3, 0.4) is 0 Å². The standard InChI is InChI=1S/C25H34O4/c1-5-26-19(3)28-23-13-9-21(10-14-23)25(17-7-8-18-25)22-11-15-24(16-12-22)29-20(4)27-6-2/h9-16,19-20H,5-8,17-18H2,1-4H3. The molecular formula is C25H34O4. The molecule has 0 N–H and O–H groups in total. The van der Waals surface area contributed by atoms with Crippen molar-refractivity contribution in [2.75, 3.05) is 13.2 Å². The number of benzene rings is 2. The third-order valence-corrected chi connectivity index (χ3v) is 5.68. The van der Waals surface area contributed by atoms with Crippen molar-refractivity contribution in [2.45, 2.75) is 71.4 Å². The van der Waals surface area contributed by atoms with Crippen molar-refractivity contribution in [2.24, 2.45) is 0 Å². The summed E-state index contributed by atoms with van der Waals surface area (Å²) in [6.45, 7) is 9.08. The van der Waals surface area contributed by atoms with E-state index in [1.165, 1.54) is 24.0 Å². The summed E-state index contributed by atoms with van der Waals surface area (Å²) in [6.07, 6.45) is 4.35. The van der Waals surface area contributed by atoms with Gasteiger partial charge < -0.3 is 18.9 Å². The summed E-state index contributed by atoms with van der Waals surface area (Å²) >= 11 is 0. The Morgan fingerprint density at radius 1 is 0.690 bits per heavy atom. The van der Waals surface area contributed by atoms with E-state index in [9.17, 15) is 0 Å². The van der Waals surface area contributed by atoms with E-state index in [1.807, 2.05) is 27.7 Å². The molecule has 0 aliphatic heterocycles.